The van der Waals surface area contributed by atoms with Crippen LogP contribution in [0.25, 0.3) is 0 Å². The van der Waals surface area contributed by atoms with Gasteiger partial charge in [-0.3, -0.25) is 9.48 Å². The summed E-state index contributed by atoms with van der Waals surface area (Å²) < 4.78 is 1.86. The van der Waals surface area contributed by atoms with Crippen LogP contribution < -0.4 is 11.1 Å². The van der Waals surface area contributed by atoms with Gasteiger partial charge in [0.1, 0.15) is 0 Å². The molecule has 0 spiro atoms. The van der Waals surface area contributed by atoms with Gasteiger partial charge < -0.3 is 11.1 Å². The molecule has 0 radical (unpaired) electrons. The Morgan fingerprint density at radius 2 is 1.91 bits per heavy atom. The molecule has 2 aliphatic rings. The van der Waals surface area contributed by atoms with Crippen LogP contribution in [0.1, 0.15) is 61.9 Å². The summed E-state index contributed by atoms with van der Waals surface area (Å²) in [7, 11) is 1.93. The molecule has 1 aromatic heterocycles. The number of nitrogens with two attached hydrogens (primary N) is 1. The van der Waals surface area contributed by atoms with E-state index in [-0.39, 0.29) is 11.8 Å². The smallest absolute Gasteiger partial charge is 0.227 e. The van der Waals surface area contributed by atoms with Crippen LogP contribution in [0.4, 0.5) is 0 Å². The molecule has 0 aliphatic heterocycles. The van der Waals surface area contributed by atoms with Crippen molar-refractivity contribution >= 4 is 5.91 Å². The Morgan fingerprint density at radius 1 is 1.30 bits per heavy atom. The van der Waals surface area contributed by atoms with Crippen molar-refractivity contribution < 1.29 is 4.79 Å². The van der Waals surface area contributed by atoms with Crippen LogP contribution in [0.3, 0.4) is 0 Å². The Balaban J connectivity index is 1.73. The van der Waals surface area contributed by atoms with E-state index < -0.39 is 0 Å². The van der Waals surface area contributed by atoms with Crippen molar-refractivity contribution in [2.45, 2.75) is 70.9 Å². The van der Waals surface area contributed by atoms with Crippen LogP contribution in [0, 0.1) is 25.7 Å². The van der Waals surface area contributed by atoms with Crippen molar-refractivity contribution in [1.29, 1.82) is 0 Å². The number of amides is 1. The minimum atomic E-state index is -0.153. The van der Waals surface area contributed by atoms with Crippen molar-refractivity contribution in [3.05, 3.63) is 17.0 Å². The summed E-state index contributed by atoms with van der Waals surface area (Å²) in [5.74, 6) is 1.11. The van der Waals surface area contributed by atoms with Crippen molar-refractivity contribution in [1.82, 2.24) is 15.1 Å². The fourth-order valence-electron chi connectivity index (χ4n) is 4.86. The van der Waals surface area contributed by atoms with Crippen molar-refractivity contribution in [3.63, 3.8) is 0 Å². The van der Waals surface area contributed by atoms with Crippen LogP contribution in [0.15, 0.2) is 0 Å². The summed E-state index contributed by atoms with van der Waals surface area (Å²) in [6, 6.07) is 0.634. The predicted octanol–water partition coefficient (Wildman–Crippen LogP) is 2.16. The molecular formula is C18H30N4O. The van der Waals surface area contributed by atoms with E-state index in [1.54, 1.807) is 0 Å². The van der Waals surface area contributed by atoms with Gasteiger partial charge in [0.05, 0.1) is 11.6 Å². The van der Waals surface area contributed by atoms with Gasteiger partial charge in [-0.2, -0.15) is 5.10 Å². The highest BCUT2D eigenvalue weighted by atomic mass is 16.1. The Bertz CT molecular complexity index is 580. The van der Waals surface area contributed by atoms with E-state index in [0.29, 0.717) is 23.9 Å². The highest BCUT2D eigenvalue weighted by molar-refractivity contribution is 5.84. The van der Waals surface area contributed by atoms with Gasteiger partial charge in [-0.15, -0.1) is 0 Å². The van der Waals surface area contributed by atoms with Crippen LogP contribution in [0.2, 0.25) is 0 Å². The lowest BCUT2D eigenvalue weighted by Gasteiger charge is -2.45. The maximum Gasteiger partial charge on any atom is 0.227 e. The summed E-state index contributed by atoms with van der Waals surface area (Å²) in [5.41, 5.74) is 9.30. The Hall–Kier alpha value is -1.36. The molecule has 1 heterocycles. The van der Waals surface area contributed by atoms with Crippen molar-refractivity contribution in [3.8, 4) is 0 Å². The number of aryl methyl sites for hydroxylation is 2. The molecule has 3 atom stereocenters. The summed E-state index contributed by atoms with van der Waals surface area (Å²) in [6.45, 7) is 6.02. The number of nitrogens with zero attached hydrogens (tertiary/aromatic N) is 2. The molecule has 128 valence electrons. The summed E-state index contributed by atoms with van der Waals surface area (Å²) in [4.78, 5) is 12.9. The van der Waals surface area contributed by atoms with Gasteiger partial charge in [0, 0.05) is 30.4 Å². The van der Waals surface area contributed by atoms with Gasteiger partial charge >= 0.3 is 0 Å². The molecule has 0 aromatic carbocycles. The lowest BCUT2D eigenvalue weighted by atomic mass is 9.67. The first kappa shape index (κ1) is 16.5. The summed E-state index contributed by atoms with van der Waals surface area (Å²) in [5, 5.41) is 7.82. The number of rotatable bonds is 3. The van der Waals surface area contributed by atoms with Crippen LogP contribution in [0.5, 0.6) is 0 Å². The van der Waals surface area contributed by atoms with Crippen molar-refractivity contribution in [2.24, 2.45) is 24.6 Å². The third-order valence-electron chi connectivity index (χ3n) is 6.08. The van der Waals surface area contributed by atoms with E-state index >= 15 is 0 Å². The first-order chi connectivity index (χ1) is 10.9. The Labute approximate surface area is 139 Å². The second-order valence-electron chi connectivity index (χ2n) is 7.65. The van der Waals surface area contributed by atoms with Crippen LogP contribution in [-0.2, 0) is 11.8 Å². The minimum Gasteiger partial charge on any atom is -0.352 e. The SMILES string of the molecule is Cc1nn(C)c(C)c1C(C)C(=O)NC1C2CCCC1CC(N)C2. The molecule has 3 rings (SSSR count). The van der Waals surface area contributed by atoms with Gasteiger partial charge in [-0.1, -0.05) is 6.42 Å². The second-order valence-corrected chi connectivity index (χ2v) is 7.65. The molecule has 0 saturated heterocycles. The Morgan fingerprint density at radius 3 is 2.43 bits per heavy atom. The third kappa shape index (κ3) is 3.03. The normalized spacial score (nSPS) is 31.7. The van der Waals surface area contributed by atoms with E-state index in [2.05, 4.69) is 10.4 Å². The molecule has 1 amide bonds. The number of hydrogen-bond acceptors (Lipinski definition) is 3. The molecule has 5 heteroatoms. The lowest BCUT2D eigenvalue weighted by Crippen LogP contribution is -2.54. The van der Waals surface area contributed by atoms with Crippen LogP contribution >= 0.6 is 0 Å². The first-order valence-electron chi connectivity index (χ1n) is 8.94. The van der Waals surface area contributed by atoms with Gasteiger partial charge in [-0.05, 0) is 58.3 Å². The highest BCUT2D eigenvalue weighted by Crippen LogP contribution is 2.40. The standard InChI is InChI=1S/C18H30N4O/c1-10(16-11(2)21-22(4)12(16)3)18(23)20-17-13-6-5-7-14(17)9-15(19)8-13/h10,13-15,17H,5-9,19H2,1-4H3,(H,20,23). The quantitative estimate of drug-likeness (QED) is 0.897. The van der Waals surface area contributed by atoms with Gasteiger partial charge in [0.15, 0.2) is 0 Å². The van der Waals surface area contributed by atoms with E-state index in [1.165, 1.54) is 19.3 Å². The molecule has 5 nitrogen and oxygen atoms in total. The van der Waals surface area contributed by atoms with Gasteiger partial charge in [-0.25, -0.2) is 0 Å². The number of nitrogens with one attached hydrogen (secondary N) is 1. The molecule has 3 N–H and O–H groups in total. The molecule has 23 heavy (non-hydrogen) atoms. The van der Waals surface area contributed by atoms with E-state index in [9.17, 15) is 4.79 Å². The average molecular weight is 318 g/mol. The molecule has 2 saturated carbocycles. The fourth-order valence-corrected chi connectivity index (χ4v) is 4.86. The van der Waals surface area contributed by atoms with Gasteiger partial charge in [0.2, 0.25) is 5.91 Å². The number of carbonyl (C=O) groups is 1. The molecule has 2 aliphatic carbocycles. The highest BCUT2D eigenvalue weighted by Gasteiger charge is 2.40. The number of aromatic nitrogens is 2. The second kappa shape index (κ2) is 6.27. The maximum atomic E-state index is 12.9. The zero-order valence-electron chi connectivity index (χ0n) is 14.8. The lowest BCUT2D eigenvalue weighted by molar-refractivity contribution is -0.124. The van der Waals surface area contributed by atoms with Crippen molar-refractivity contribution in [2.75, 3.05) is 0 Å². The zero-order valence-corrected chi connectivity index (χ0v) is 14.8. The molecule has 2 bridgehead atoms. The van der Waals surface area contributed by atoms with E-state index in [1.807, 2.05) is 32.5 Å². The minimum absolute atomic E-state index is 0.140. The van der Waals surface area contributed by atoms with E-state index in [0.717, 1.165) is 29.8 Å². The monoisotopic (exact) mass is 318 g/mol. The topological polar surface area (TPSA) is 72.9 Å². The molecule has 2 fully saturated rings. The molecular weight excluding hydrogens is 288 g/mol. The first-order valence-corrected chi connectivity index (χ1v) is 8.94. The molecule has 3 unspecified atom stereocenters. The Kier molecular flexibility index (Phi) is 4.50. The molecule has 1 aromatic rings. The fraction of sp³-hybridized carbons (Fsp3) is 0.778. The summed E-state index contributed by atoms with van der Waals surface area (Å²) in [6.07, 6.45) is 5.80. The predicted molar refractivity (Wildman–Crippen MR) is 91.1 cm³/mol. The average Bonchev–Trinajstić information content (AvgIpc) is 2.72. The van der Waals surface area contributed by atoms with Crippen LogP contribution in [-0.4, -0.2) is 27.8 Å². The van der Waals surface area contributed by atoms with Gasteiger partial charge in [0.25, 0.3) is 0 Å². The number of fused-ring (bicyclic) bond motifs is 2. The van der Waals surface area contributed by atoms with E-state index in [4.69, 9.17) is 5.73 Å². The maximum absolute atomic E-state index is 12.9. The number of carbonyl (C=O) groups excluding carboxylic acids is 1. The number of hydrogen-bond donors (Lipinski definition) is 2. The largest absolute Gasteiger partial charge is 0.352 e. The zero-order chi connectivity index (χ0) is 16.7. The summed E-state index contributed by atoms with van der Waals surface area (Å²) >= 11 is 0. The third-order valence-corrected chi connectivity index (χ3v) is 6.08.